The summed E-state index contributed by atoms with van der Waals surface area (Å²) in [6.07, 6.45) is 8.58. The molecule has 1 aromatic rings. The number of carbonyl (C=O) groups is 2. The van der Waals surface area contributed by atoms with Gasteiger partial charge in [-0.1, -0.05) is 6.08 Å². The highest BCUT2D eigenvalue weighted by molar-refractivity contribution is 5.81. The fourth-order valence-electron chi connectivity index (χ4n) is 4.25. The van der Waals surface area contributed by atoms with E-state index in [-0.39, 0.29) is 24.2 Å². The zero-order valence-electron chi connectivity index (χ0n) is 20.3. The van der Waals surface area contributed by atoms with Crippen molar-refractivity contribution in [3.05, 3.63) is 35.7 Å². The van der Waals surface area contributed by atoms with E-state index in [0.717, 1.165) is 42.9 Å². The lowest BCUT2D eigenvalue weighted by Crippen LogP contribution is -2.43. The molecule has 0 bridgehead atoms. The number of ether oxygens (including phenoxy) is 3. The van der Waals surface area contributed by atoms with Crippen LogP contribution in [0.25, 0.3) is 0 Å². The van der Waals surface area contributed by atoms with E-state index in [4.69, 9.17) is 14.2 Å². The number of amides is 1. The fourth-order valence-corrected chi connectivity index (χ4v) is 4.25. The topological polar surface area (TPSA) is 90.0 Å². The number of allylic oxidation sites excluding steroid dienone is 1. The zero-order valence-corrected chi connectivity index (χ0v) is 20.3. The molecule has 1 saturated heterocycles. The highest BCUT2D eigenvalue weighted by Gasteiger charge is 2.36. The zero-order chi connectivity index (χ0) is 23.8. The number of carbonyl (C=O) groups excluding carboxylic acids is 2. The van der Waals surface area contributed by atoms with E-state index in [0.29, 0.717) is 32.4 Å². The summed E-state index contributed by atoms with van der Waals surface area (Å²) >= 11 is 0. The number of hydrogen-bond acceptors (Lipinski definition) is 7. The Kier molecular flexibility index (Phi) is 8.72. The van der Waals surface area contributed by atoms with Gasteiger partial charge in [-0.2, -0.15) is 0 Å². The third kappa shape index (κ3) is 7.19. The molecule has 8 nitrogen and oxygen atoms in total. The number of hydrogen-bond donors (Lipinski definition) is 1. The molecule has 1 N–H and O–H groups in total. The third-order valence-corrected chi connectivity index (χ3v) is 5.69. The van der Waals surface area contributed by atoms with E-state index in [9.17, 15) is 9.59 Å². The van der Waals surface area contributed by atoms with Crippen molar-refractivity contribution in [3.8, 4) is 5.75 Å². The second-order valence-corrected chi connectivity index (χ2v) is 9.41. The maximum absolute atomic E-state index is 13.1. The van der Waals surface area contributed by atoms with Crippen molar-refractivity contribution in [1.82, 2.24) is 15.2 Å². The van der Waals surface area contributed by atoms with Crippen LogP contribution in [-0.2, 0) is 20.7 Å². The van der Waals surface area contributed by atoms with Gasteiger partial charge in [0, 0.05) is 30.8 Å². The van der Waals surface area contributed by atoms with Gasteiger partial charge in [0.2, 0.25) is 0 Å². The molecule has 0 aliphatic carbocycles. The molecule has 0 aromatic carbocycles. The Morgan fingerprint density at radius 1 is 1.27 bits per heavy atom. The third-order valence-electron chi connectivity index (χ3n) is 5.69. The molecule has 182 valence electrons. The average Bonchev–Trinajstić information content (AvgIpc) is 2.76. The number of aromatic nitrogens is 1. The predicted molar refractivity (Wildman–Crippen MR) is 125 cm³/mol. The summed E-state index contributed by atoms with van der Waals surface area (Å²) in [5, 5.41) is 3.36. The highest BCUT2D eigenvalue weighted by atomic mass is 16.6. The van der Waals surface area contributed by atoms with Crippen molar-refractivity contribution in [2.75, 3.05) is 26.2 Å². The molecule has 1 aromatic heterocycles. The molecule has 1 unspecified atom stereocenters. The van der Waals surface area contributed by atoms with Crippen molar-refractivity contribution in [2.45, 2.75) is 77.5 Å². The van der Waals surface area contributed by atoms with Crippen LogP contribution in [0.2, 0.25) is 0 Å². The molecule has 1 fully saturated rings. The van der Waals surface area contributed by atoms with Crippen LogP contribution in [0.15, 0.2) is 24.4 Å². The summed E-state index contributed by atoms with van der Waals surface area (Å²) in [5.74, 6) is 0.432. The molecule has 1 amide bonds. The average molecular weight is 460 g/mol. The molecule has 0 radical (unpaired) electrons. The summed E-state index contributed by atoms with van der Waals surface area (Å²) in [5.41, 5.74) is 1.33. The van der Waals surface area contributed by atoms with Crippen LogP contribution in [0.4, 0.5) is 4.79 Å². The first-order valence-corrected chi connectivity index (χ1v) is 12.0. The summed E-state index contributed by atoms with van der Waals surface area (Å²) in [6, 6.07) is 1.65. The van der Waals surface area contributed by atoms with Crippen LogP contribution in [0.3, 0.4) is 0 Å². The monoisotopic (exact) mass is 459 g/mol. The van der Waals surface area contributed by atoms with Gasteiger partial charge < -0.3 is 24.4 Å². The Balaban J connectivity index is 1.85. The fraction of sp³-hybridized carbons (Fsp3) is 0.640. The van der Waals surface area contributed by atoms with Gasteiger partial charge >= 0.3 is 12.1 Å². The van der Waals surface area contributed by atoms with Gasteiger partial charge in [-0.15, -0.1) is 0 Å². The van der Waals surface area contributed by atoms with Gasteiger partial charge in [0.05, 0.1) is 18.3 Å². The molecule has 3 heterocycles. The Hall–Kier alpha value is -2.61. The lowest BCUT2D eigenvalue weighted by Gasteiger charge is -2.39. The minimum Gasteiger partial charge on any atom is -0.490 e. The van der Waals surface area contributed by atoms with Crippen molar-refractivity contribution < 1.29 is 23.8 Å². The van der Waals surface area contributed by atoms with Crippen LogP contribution in [0.1, 0.15) is 70.7 Å². The van der Waals surface area contributed by atoms with E-state index in [1.54, 1.807) is 24.1 Å². The van der Waals surface area contributed by atoms with Gasteiger partial charge in [-0.25, -0.2) is 9.59 Å². The lowest BCUT2D eigenvalue weighted by atomic mass is 9.92. The lowest BCUT2D eigenvalue weighted by molar-refractivity contribution is -0.137. The second kappa shape index (κ2) is 11.5. The molecule has 2 aliphatic heterocycles. The highest BCUT2D eigenvalue weighted by Crippen LogP contribution is 2.39. The molecule has 8 heteroatoms. The van der Waals surface area contributed by atoms with Gasteiger partial charge in [-0.05, 0) is 72.5 Å². The molecule has 0 saturated carbocycles. The number of fused-ring (bicyclic) bond motifs is 1. The van der Waals surface area contributed by atoms with E-state index in [2.05, 4.69) is 10.3 Å². The van der Waals surface area contributed by atoms with Crippen LogP contribution < -0.4 is 10.1 Å². The molecular formula is C25H37N3O5. The Labute approximate surface area is 196 Å². The van der Waals surface area contributed by atoms with E-state index in [1.807, 2.05) is 26.8 Å². The van der Waals surface area contributed by atoms with Crippen molar-refractivity contribution in [3.63, 3.8) is 0 Å². The second-order valence-electron chi connectivity index (χ2n) is 9.41. The molecule has 3 rings (SSSR count). The maximum atomic E-state index is 13.1. The molecule has 1 atom stereocenters. The molecule has 33 heavy (non-hydrogen) atoms. The number of pyridine rings is 1. The summed E-state index contributed by atoms with van der Waals surface area (Å²) in [7, 11) is 0. The first-order valence-electron chi connectivity index (χ1n) is 12.0. The van der Waals surface area contributed by atoms with E-state index < -0.39 is 5.60 Å². The van der Waals surface area contributed by atoms with Crippen LogP contribution in [0.5, 0.6) is 5.75 Å². The first-order chi connectivity index (χ1) is 15.8. The Morgan fingerprint density at radius 2 is 2.03 bits per heavy atom. The number of esters is 1. The summed E-state index contributed by atoms with van der Waals surface area (Å²) in [4.78, 5) is 31.2. The molecule has 0 spiro atoms. The predicted octanol–water partition coefficient (Wildman–Crippen LogP) is 3.95. The maximum Gasteiger partial charge on any atom is 0.410 e. The van der Waals surface area contributed by atoms with Gasteiger partial charge in [0.1, 0.15) is 17.5 Å². The normalized spacial score (nSPS) is 19.3. The van der Waals surface area contributed by atoms with Crippen LogP contribution in [0, 0.1) is 0 Å². The van der Waals surface area contributed by atoms with Crippen molar-refractivity contribution in [2.24, 2.45) is 0 Å². The Bertz CT molecular complexity index is 843. The van der Waals surface area contributed by atoms with Gasteiger partial charge in [0.15, 0.2) is 0 Å². The van der Waals surface area contributed by atoms with Gasteiger partial charge in [-0.3, -0.25) is 4.98 Å². The number of rotatable bonds is 7. The van der Waals surface area contributed by atoms with Crippen LogP contribution >= 0.6 is 0 Å². The number of nitrogens with one attached hydrogen (secondary N) is 1. The van der Waals surface area contributed by atoms with E-state index >= 15 is 0 Å². The molecular weight excluding hydrogens is 422 g/mol. The standard InChI is InChI=1S/C25H37N3O5/c1-5-31-22(29)9-7-6-8-20-23-19(13-17-28(20)24(30)33-25(2,3)4)27-16-12-21(23)32-18-10-14-26-15-11-18/h7,9,12,16,18,20,26H,5-6,8,10-11,13-15,17H2,1-4H3/b9-7+. The minimum atomic E-state index is -0.588. The summed E-state index contributed by atoms with van der Waals surface area (Å²) < 4.78 is 17.1. The quantitative estimate of drug-likeness (QED) is 0.488. The van der Waals surface area contributed by atoms with Crippen LogP contribution in [-0.4, -0.2) is 59.9 Å². The van der Waals surface area contributed by atoms with Crippen molar-refractivity contribution >= 4 is 12.1 Å². The smallest absolute Gasteiger partial charge is 0.410 e. The molecule has 2 aliphatic rings. The summed E-state index contributed by atoms with van der Waals surface area (Å²) in [6.45, 7) is 10.1. The number of piperidine rings is 1. The first kappa shape index (κ1) is 25.0. The number of nitrogens with zero attached hydrogens (tertiary/aromatic N) is 2. The van der Waals surface area contributed by atoms with Gasteiger partial charge in [0.25, 0.3) is 0 Å². The Morgan fingerprint density at radius 3 is 2.73 bits per heavy atom. The minimum absolute atomic E-state index is 0.138. The van der Waals surface area contributed by atoms with E-state index in [1.165, 1.54) is 6.08 Å². The largest absolute Gasteiger partial charge is 0.490 e. The SMILES string of the molecule is CCOC(=O)/C=C/CCC1c2c(OC3CCNCC3)ccnc2CCN1C(=O)OC(C)(C)C. The van der Waals surface area contributed by atoms with Crippen molar-refractivity contribution in [1.29, 1.82) is 0 Å².